The molecule has 0 aromatic heterocycles. The number of methoxy groups -OCH3 is 1. The average Bonchev–Trinajstić information content (AvgIpc) is 2.54. The Kier molecular flexibility index (Phi) is 5.99. The Morgan fingerprint density at radius 2 is 1.85 bits per heavy atom. The van der Waals surface area contributed by atoms with E-state index >= 15 is 0 Å². The number of anilines is 2. The third-order valence-electron chi connectivity index (χ3n) is 3.40. The van der Waals surface area contributed by atoms with Gasteiger partial charge in [-0.05, 0) is 23.8 Å². The number of carbonyl (C=O) groups is 1. The highest BCUT2D eigenvalue weighted by Gasteiger charge is 2.30. The number of ether oxygens (including phenoxy) is 1. The molecule has 0 saturated carbocycles. The van der Waals surface area contributed by atoms with Crippen molar-refractivity contribution in [3.63, 3.8) is 0 Å². The van der Waals surface area contributed by atoms with Crippen LogP contribution in [0.25, 0.3) is 0 Å². The first kappa shape index (κ1) is 20.6. The zero-order chi connectivity index (χ0) is 20.2. The maximum atomic E-state index is 12.7. The summed E-state index contributed by atoms with van der Waals surface area (Å²) in [5, 5.41) is 2.54. The highest BCUT2D eigenvalue weighted by molar-refractivity contribution is 7.92. The first-order chi connectivity index (χ1) is 12.5. The minimum Gasteiger partial charge on any atom is -0.494 e. The SMILES string of the molecule is COc1cc(NC(=O)Cc2cccc(C(F)(F)F)c2)ccc1NS(C)(=O)=O. The van der Waals surface area contributed by atoms with Crippen LogP contribution in [0.2, 0.25) is 0 Å². The Hall–Kier alpha value is -2.75. The third kappa shape index (κ3) is 6.17. The maximum Gasteiger partial charge on any atom is 0.416 e. The van der Waals surface area contributed by atoms with Gasteiger partial charge in [0.05, 0.1) is 31.0 Å². The summed E-state index contributed by atoms with van der Waals surface area (Å²) in [5.41, 5.74) is -0.117. The molecule has 0 aliphatic heterocycles. The first-order valence-electron chi connectivity index (χ1n) is 7.60. The Morgan fingerprint density at radius 1 is 1.15 bits per heavy atom. The van der Waals surface area contributed by atoms with Crippen molar-refractivity contribution in [2.45, 2.75) is 12.6 Å². The molecule has 0 bridgehead atoms. The van der Waals surface area contributed by atoms with E-state index in [-0.39, 0.29) is 23.4 Å². The smallest absolute Gasteiger partial charge is 0.416 e. The number of hydrogen-bond donors (Lipinski definition) is 2. The van der Waals surface area contributed by atoms with Crippen LogP contribution in [-0.4, -0.2) is 27.7 Å². The van der Waals surface area contributed by atoms with Gasteiger partial charge >= 0.3 is 6.18 Å². The summed E-state index contributed by atoms with van der Waals surface area (Å²) >= 11 is 0. The van der Waals surface area contributed by atoms with Crippen LogP contribution in [0.5, 0.6) is 5.75 Å². The molecular weight excluding hydrogens is 385 g/mol. The molecule has 146 valence electrons. The van der Waals surface area contributed by atoms with Crippen molar-refractivity contribution in [3.8, 4) is 5.75 Å². The zero-order valence-corrected chi connectivity index (χ0v) is 15.2. The lowest BCUT2D eigenvalue weighted by Crippen LogP contribution is -2.15. The summed E-state index contributed by atoms with van der Waals surface area (Å²) in [4.78, 5) is 12.1. The molecule has 0 unspecified atom stereocenters. The number of amides is 1. The molecule has 2 aromatic carbocycles. The number of sulfonamides is 1. The van der Waals surface area contributed by atoms with Gasteiger partial charge in [0.25, 0.3) is 0 Å². The van der Waals surface area contributed by atoms with Gasteiger partial charge in [-0.3, -0.25) is 9.52 Å². The van der Waals surface area contributed by atoms with Crippen LogP contribution < -0.4 is 14.8 Å². The molecule has 0 radical (unpaired) electrons. The van der Waals surface area contributed by atoms with E-state index in [1.54, 1.807) is 0 Å². The fourth-order valence-corrected chi connectivity index (χ4v) is 2.87. The number of rotatable bonds is 6. The molecule has 0 spiro atoms. The van der Waals surface area contributed by atoms with Crippen LogP contribution in [-0.2, 0) is 27.4 Å². The van der Waals surface area contributed by atoms with E-state index in [0.29, 0.717) is 5.69 Å². The quantitative estimate of drug-likeness (QED) is 0.777. The highest BCUT2D eigenvalue weighted by atomic mass is 32.2. The first-order valence-corrected chi connectivity index (χ1v) is 9.49. The normalized spacial score (nSPS) is 11.7. The molecule has 2 rings (SSSR count). The van der Waals surface area contributed by atoms with Crippen LogP contribution in [0.1, 0.15) is 11.1 Å². The zero-order valence-electron chi connectivity index (χ0n) is 14.4. The van der Waals surface area contributed by atoms with E-state index in [0.717, 1.165) is 18.4 Å². The molecule has 2 aromatic rings. The van der Waals surface area contributed by atoms with Crippen LogP contribution >= 0.6 is 0 Å². The summed E-state index contributed by atoms with van der Waals surface area (Å²) in [6, 6.07) is 8.76. The van der Waals surface area contributed by atoms with Gasteiger partial charge < -0.3 is 10.1 Å². The van der Waals surface area contributed by atoms with Crippen molar-refractivity contribution in [2.75, 3.05) is 23.4 Å². The fourth-order valence-electron chi connectivity index (χ4n) is 2.30. The van der Waals surface area contributed by atoms with Crippen LogP contribution in [0.4, 0.5) is 24.5 Å². The molecule has 1 amide bonds. The van der Waals surface area contributed by atoms with Gasteiger partial charge in [0.2, 0.25) is 15.9 Å². The van der Waals surface area contributed by atoms with E-state index in [9.17, 15) is 26.4 Å². The molecule has 27 heavy (non-hydrogen) atoms. The van der Waals surface area contributed by atoms with Crippen molar-refractivity contribution >= 4 is 27.3 Å². The van der Waals surface area contributed by atoms with Crippen molar-refractivity contribution in [1.29, 1.82) is 0 Å². The lowest BCUT2D eigenvalue weighted by atomic mass is 10.1. The molecule has 0 aliphatic rings. The summed E-state index contributed by atoms with van der Waals surface area (Å²) < 4.78 is 68.2. The largest absolute Gasteiger partial charge is 0.494 e. The Bertz CT molecular complexity index is 943. The number of halogens is 3. The van der Waals surface area contributed by atoms with Crippen molar-refractivity contribution in [1.82, 2.24) is 0 Å². The van der Waals surface area contributed by atoms with Crippen LogP contribution in [0, 0.1) is 0 Å². The Balaban J connectivity index is 2.12. The molecule has 10 heteroatoms. The predicted molar refractivity (Wildman–Crippen MR) is 95.2 cm³/mol. The second-order valence-electron chi connectivity index (χ2n) is 5.71. The second-order valence-corrected chi connectivity index (χ2v) is 7.46. The van der Waals surface area contributed by atoms with E-state index in [1.165, 1.54) is 37.4 Å². The van der Waals surface area contributed by atoms with E-state index < -0.39 is 27.7 Å². The molecular formula is C17H17F3N2O4S. The van der Waals surface area contributed by atoms with E-state index in [2.05, 4.69) is 10.0 Å². The number of alkyl halides is 3. The Morgan fingerprint density at radius 3 is 2.44 bits per heavy atom. The lowest BCUT2D eigenvalue weighted by molar-refractivity contribution is -0.137. The maximum absolute atomic E-state index is 12.7. The third-order valence-corrected chi connectivity index (χ3v) is 3.99. The predicted octanol–water partition coefficient (Wildman–Crippen LogP) is 3.27. The summed E-state index contributed by atoms with van der Waals surface area (Å²) in [7, 11) is -2.18. The van der Waals surface area contributed by atoms with Crippen LogP contribution in [0.3, 0.4) is 0 Å². The van der Waals surface area contributed by atoms with Gasteiger partial charge in [-0.1, -0.05) is 18.2 Å². The molecule has 6 nitrogen and oxygen atoms in total. The van der Waals surface area contributed by atoms with Crippen molar-refractivity contribution in [3.05, 3.63) is 53.6 Å². The van der Waals surface area contributed by atoms with Crippen molar-refractivity contribution < 1.29 is 31.1 Å². The molecule has 0 atom stereocenters. The highest BCUT2D eigenvalue weighted by Crippen LogP contribution is 2.30. The van der Waals surface area contributed by atoms with E-state index in [1.807, 2.05) is 0 Å². The molecule has 2 N–H and O–H groups in total. The summed E-state index contributed by atoms with van der Waals surface area (Å²) in [6.07, 6.45) is -3.75. The number of benzene rings is 2. The molecule has 0 fully saturated rings. The van der Waals surface area contributed by atoms with Gasteiger partial charge in [0.1, 0.15) is 5.75 Å². The van der Waals surface area contributed by atoms with Gasteiger partial charge in [0, 0.05) is 11.8 Å². The molecule has 0 saturated heterocycles. The lowest BCUT2D eigenvalue weighted by Gasteiger charge is -2.13. The average molecular weight is 402 g/mol. The van der Waals surface area contributed by atoms with Gasteiger partial charge in [-0.15, -0.1) is 0 Å². The fraction of sp³-hybridized carbons (Fsp3) is 0.235. The number of hydrogen-bond acceptors (Lipinski definition) is 4. The summed E-state index contributed by atoms with van der Waals surface area (Å²) in [5.74, 6) is -0.350. The monoisotopic (exact) mass is 402 g/mol. The van der Waals surface area contributed by atoms with E-state index in [4.69, 9.17) is 4.74 Å². The van der Waals surface area contributed by atoms with Gasteiger partial charge in [0.15, 0.2) is 0 Å². The van der Waals surface area contributed by atoms with Gasteiger partial charge in [-0.2, -0.15) is 13.2 Å². The van der Waals surface area contributed by atoms with Crippen LogP contribution in [0.15, 0.2) is 42.5 Å². The minimum atomic E-state index is -4.48. The number of carbonyl (C=O) groups excluding carboxylic acids is 1. The number of nitrogens with one attached hydrogen (secondary N) is 2. The topological polar surface area (TPSA) is 84.5 Å². The second kappa shape index (κ2) is 7.87. The van der Waals surface area contributed by atoms with Gasteiger partial charge in [-0.25, -0.2) is 8.42 Å². The van der Waals surface area contributed by atoms with Crippen molar-refractivity contribution in [2.24, 2.45) is 0 Å². The standard InChI is InChI=1S/C17H17F3N2O4S/c1-26-15-10-13(6-7-14(15)22-27(2,24)25)21-16(23)9-11-4-3-5-12(8-11)17(18,19)20/h3-8,10,22H,9H2,1-2H3,(H,21,23). The minimum absolute atomic E-state index is 0.178. The molecule has 0 heterocycles. The molecule has 0 aliphatic carbocycles. The Labute approximate surface area is 154 Å². The summed E-state index contributed by atoms with van der Waals surface area (Å²) in [6.45, 7) is 0.